The third-order valence-corrected chi connectivity index (χ3v) is 3.15. The van der Waals surface area contributed by atoms with Gasteiger partial charge in [0.15, 0.2) is 0 Å². The molecule has 10 heteroatoms. The summed E-state index contributed by atoms with van der Waals surface area (Å²) in [6, 6.07) is 6.85. The van der Waals surface area contributed by atoms with Gasteiger partial charge in [0.25, 0.3) is 0 Å². The quantitative estimate of drug-likeness (QED) is 0.395. The fourth-order valence-corrected chi connectivity index (χ4v) is 1.87. The van der Waals surface area contributed by atoms with Crippen LogP contribution in [0.15, 0.2) is 12.7 Å². The number of amides is 2. The maximum atomic E-state index is 10.9. The van der Waals surface area contributed by atoms with Crippen LogP contribution in [-0.4, -0.2) is 30.6 Å². The first-order valence-corrected chi connectivity index (χ1v) is 8.09. The maximum absolute atomic E-state index is 10.9. The number of rotatable bonds is 4. The molecule has 2 amide bonds. The van der Waals surface area contributed by atoms with Crippen LogP contribution in [0.25, 0.3) is 0 Å². The number of allylic oxidation sites excluding steroid dienone is 1. The van der Waals surface area contributed by atoms with E-state index in [4.69, 9.17) is 25.8 Å². The van der Waals surface area contributed by atoms with Gasteiger partial charge in [-0.05, 0) is 25.3 Å². The van der Waals surface area contributed by atoms with Gasteiger partial charge in [-0.2, -0.15) is 21.0 Å². The van der Waals surface area contributed by atoms with Gasteiger partial charge < -0.3 is 15.4 Å². The minimum Gasteiger partial charge on any atom is -0.335 e. The fourth-order valence-electron chi connectivity index (χ4n) is 1.87. The normalized spacial score (nSPS) is 17.3. The van der Waals surface area contributed by atoms with E-state index >= 15 is 0 Å². The molecule has 146 valence electrons. The molecule has 3 heterocycles. The Kier molecular flexibility index (Phi) is 16.7. The molecule has 28 heavy (non-hydrogen) atoms. The minimum absolute atomic E-state index is 0. The lowest BCUT2D eigenvalue weighted by molar-refractivity contribution is -0.144. The monoisotopic (exact) mass is 384 g/mol. The summed E-state index contributed by atoms with van der Waals surface area (Å²) in [6.07, 6.45) is 4.69. The van der Waals surface area contributed by atoms with Crippen molar-refractivity contribution < 1.29 is 19.2 Å². The van der Waals surface area contributed by atoms with Crippen LogP contribution in [-0.2, 0) is 19.2 Å². The van der Waals surface area contributed by atoms with Gasteiger partial charge in [0.2, 0.25) is 11.8 Å². The van der Waals surface area contributed by atoms with Crippen molar-refractivity contribution in [3.8, 4) is 24.3 Å². The van der Waals surface area contributed by atoms with E-state index in [0.717, 1.165) is 6.42 Å². The Morgan fingerprint density at radius 1 is 1.04 bits per heavy atom. The Balaban J connectivity index is 0. The zero-order chi connectivity index (χ0) is 21.8. The zero-order valence-electron chi connectivity index (χ0n) is 15.1. The number of nitrogens with one attached hydrogen (secondary N) is 2. The summed E-state index contributed by atoms with van der Waals surface area (Å²) < 4.78 is 0. The molecule has 0 spiro atoms. The van der Waals surface area contributed by atoms with Crippen LogP contribution in [0.2, 0.25) is 0 Å². The minimum atomic E-state index is -0.616. The predicted octanol–water partition coefficient (Wildman–Crippen LogP) is 0.392. The van der Waals surface area contributed by atoms with E-state index in [1.807, 2.05) is 0 Å². The number of piperidine rings is 2. The van der Waals surface area contributed by atoms with E-state index in [1.165, 1.54) is 6.08 Å². The second-order valence-electron chi connectivity index (χ2n) is 5.12. The Morgan fingerprint density at radius 2 is 1.54 bits per heavy atom. The molecule has 0 saturated carbocycles. The number of hydrogen-bond donors (Lipinski definition) is 2. The molecule has 3 fully saturated rings. The molecule has 0 aromatic carbocycles. The number of fused-ring (bicyclic) bond motifs is 3. The van der Waals surface area contributed by atoms with Gasteiger partial charge in [0, 0.05) is 6.42 Å². The highest BCUT2D eigenvalue weighted by Crippen LogP contribution is 2.19. The van der Waals surface area contributed by atoms with Gasteiger partial charge in [-0.3, -0.25) is 14.4 Å². The van der Waals surface area contributed by atoms with Crippen LogP contribution in [0.4, 0.5) is 0 Å². The van der Waals surface area contributed by atoms with Crippen molar-refractivity contribution in [2.75, 3.05) is 0 Å². The van der Waals surface area contributed by atoms with Crippen LogP contribution < -0.4 is 10.6 Å². The van der Waals surface area contributed by atoms with Crippen LogP contribution in [0.5, 0.6) is 0 Å². The molecule has 0 aliphatic carbocycles. The van der Waals surface area contributed by atoms with E-state index in [9.17, 15) is 14.4 Å². The van der Waals surface area contributed by atoms with Crippen molar-refractivity contribution in [3.63, 3.8) is 0 Å². The first-order valence-electron chi connectivity index (χ1n) is 8.09. The molecular formula is C18H20N6O4. The molecule has 3 aliphatic heterocycles. The topological polar surface area (TPSA) is 187 Å². The van der Waals surface area contributed by atoms with E-state index in [-0.39, 0.29) is 24.4 Å². The highest BCUT2D eigenvalue weighted by Gasteiger charge is 2.39. The van der Waals surface area contributed by atoms with Crippen molar-refractivity contribution >= 4 is 24.4 Å². The maximum Gasteiger partial charge on any atom is 0.234 e. The lowest BCUT2D eigenvalue weighted by Crippen LogP contribution is -2.63. The molecule has 10 nitrogen and oxygen atoms in total. The van der Waals surface area contributed by atoms with Crippen molar-refractivity contribution in [1.82, 2.24) is 10.6 Å². The zero-order valence-corrected chi connectivity index (χ0v) is 15.1. The Bertz CT molecular complexity index is 658. The number of nitrogens with zero attached hydrogens (tertiary/aromatic N) is 4. The van der Waals surface area contributed by atoms with Crippen LogP contribution in [0, 0.1) is 57.2 Å². The van der Waals surface area contributed by atoms with E-state index < -0.39 is 11.8 Å². The fraction of sp³-hybridized carbons (Fsp3) is 0.444. The van der Waals surface area contributed by atoms with Gasteiger partial charge in [-0.15, -0.1) is 0 Å². The van der Waals surface area contributed by atoms with Crippen LogP contribution in [0.3, 0.4) is 0 Å². The molecule has 2 N–H and O–H groups in total. The lowest BCUT2D eigenvalue weighted by Gasteiger charge is -2.35. The van der Waals surface area contributed by atoms with Crippen molar-refractivity contribution in [1.29, 1.82) is 21.0 Å². The van der Waals surface area contributed by atoms with Gasteiger partial charge in [-0.1, -0.05) is 6.58 Å². The van der Waals surface area contributed by atoms with Crippen LogP contribution >= 0.6 is 0 Å². The highest BCUT2D eigenvalue weighted by atomic mass is 16.2. The molecule has 0 unspecified atom stereocenters. The number of carbonyl (C=O) groups excluding carboxylic acids is 4. The smallest absolute Gasteiger partial charge is 0.234 e. The summed E-state index contributed by atoms with van der Waals surface area (Å²) in [5.74, 6) is -1.25. The summed E-state index contributed by atoms with van der Waals surface area (Å²) in [4.78, 5) is 40.6. The van der Waals surface area contributed by atoms with Crippen molar-refractivity contribution in [2.24, 2.45) is 11.8 Å². The number of aldehydes is 2. The highest BCUT2D eigenvalue weighted by molar-refractivity contribution is 6.03. The predicted molar refractivity (Wildman–Crippen MR) is 94.9 cm³/mol. The summed E-state index contributed by atoms with van der Waals surface area (Å²) in [5.41, 5.74) is 0. The van der Waals surface area contributed by atoms with Gasteiger partial charge in [0.05, 0.1) is 24.3 Å². The first-order chi connectivity index (χ1) is 13.4. The summed E-state index contributed by atoms with van der Waals surface area (Å²) >= 11 is 0. The first kappa shape index (κ1) is 26.2. The van der Waals surface area contributed by atoms with Gasteiger partial charge in [-0.25, -0.2) is 0 Å². The standard InChI is InChI=1S/C6H8N2O2.C6H6N2O.C3H2N2.C3H4O/c9-5-3-1-2-4(7-5)8-6(3)10;7-4-6(5-8)2-1-3-9;4-2-1-3-5;1-2-3-4/h3-4H,1-2H2,(H,7,9)(H,8,10);3,6H,1-2H2;1H2;2-3H,1H2. The molecule has 0 radical (unpaired) electrons. The molecular weight excluding hydrogens is 364 g/mol. The Hall–Kier alpha value is -4.02. The van der Waals surface area contributed by atoms with Gasteiger partial charge in [0.1, 0.15) is 37.0 Å². The molecule has 3 rings (SSSR count). The third-order valence-electron chi connectivity index (χ3n) is 3.15. The molecule has 3 aliphatic rings. The van der Waals surface area contributed by atoms with E-state index in [2.05, 4.69) is 17.2 Å². The number of carbonyl (C=O) groups is 4. The molecule has 0 aromatic rings. The van der Waals surface area contributed by atoms with Gasteiger partial charge >= 0.3 is 0 Å². The Morgan fingerprint density at radius 3 is 1.75 bits per heavy atom. The third kappa shape index (κ3) is 12.4. The summed E-state index contributed by atoms with van der Waals surface area (Å²) in [5, 5.41) is 36.9. The van der Waals surface area contributed by atoms with Crippen molar-refractivity contribution in [2.45, 2.75) is 38.3 Å². The number of hydrogen-bond acceptors (Lipinski definition) is 8. The lowest BCUT2D eigenvalue weighted by atomic mass is 9.91. The van der Waals surface area contributed by atoms with E-state index in [0.29, 0.717) is 31.8 Å². The molecule has 0 atom stereocenters. The largest absolute Gasteiger partial charge is 0.335 e. The average Bonchev–Trinajstić information content (AvgIpc) is 2.70. The molecule has 3 saturated heterocycles. The van der Waals surface area contributed by atoms with Crippen LogP contribution in [0.1, 0.15) is 32.1 Å². The average molecular weight is 384 g/mol. The van der Waals surface area contributed by atoms with Crippen molar-refractivity contribution in [3.05, 3.63) is 12.7 Å². The summed E-state index contributed by atoms with van der Waals surface area (Å²) in [6.45, 7) is 3.11. The number of nitriles is 4. The van der Waals surface area contributed by atoms with E-state index in [1.54, 1.807) is 24.3 Å². The Labute approximate surface area is 163 Å². The second-order valence-corrected chi connectivity index (χ2v) is 5.12. The summed E-state index contributed by atoms with van der Waals surface area (Å²) in [7, 11) is 0. The SMILES string of the molecule is C=CC=O.N#CC(C#N)CCC=O.N#CCC#N.O=C1NC2CCC1C(=O)N2. The molecule has 2 bridgehead atoms. The second kappa shape index (κ2) is 17.8. The molecule has 0 aromatic heterocycles.